The van der Waals surface area contributed by atoms with Crippen molar-refractivity contribution in [2.45, 2.75) is 63.3 Å². The van der Waals surface area contributed by atoms with Crippen molar-refractivity contribution in [2.75, 3.05) is 27.4 Å². The number of tetrazole rings is 1. The van der Waals surface area contributed by atoms with Crippen LogP contribution in [0.4, 0.5) is 4.39 Å². The fourth-order valence-electron chi connectivity index (χ4n) is 5.44. The standard InChI is InChI=1S/C29H35FN6O5/c1-39-24-14-11-20(16-25(24)40-2)28-32-34-36(33-28)18-26(37)35(17-23-8-5-15-41-23)27(19-9-12-21(30)13-10-19)29(38)31-22-6-3-4-7-22/h9-14,16,22-23,27H,3-8,15,17-18H2,1-2H3,(H,31,38)/t23-,27-/m1/s1. The molecule has 0 bridgehead atoms. The summed E-state index contributed by atoms with van der Waals surface area (Å²) in [6.07, 6.45) is 5.31. The van der Waals surface area contributed by atoms with Crippen LogP contribution in [0.3, 0.4) is 0 Å². The fourth-order valence-corrected chi connectivity index (χ4v) is 5.44. The van der Waals surface area contributed by atoms with Crippen LogP contribution in [0.1, 0.15) is 50.1 Å². The van der Waals surface area contributed by atoms with Crippen LogP contribution in [0.2, 0.25) is 0 Å². The molecule has 11 nitrogen and oxygen atoms in total. The number of benzene rings is 2. The van der Waals surface area contributed by atoms with Crippen LogP contribution in [0.15, 0.2) is 42.5 Å². The minimum Gasteiger partial charge on any atom is -0.493 e. The Morgan fingerprint density at radius 3 is 2.51 bits per heavy atom. The van der Waals surface area contributed by atoms with E-state index in [2.05, 4.69) is 20.7 Å². The molecule has 1 N–H and O–H groups in total. The number of rotatable bonds is 11. The number of methoxy groups -OCH3 is 2. The highest BCUT2D eigenvalue weighted by atomic mass is 19.1. The first-order valence-corrected chi connectivity index (χ1v) is 13.9. The van der Waals surface area contributed by atoms with Crippen LogP contribution < -0.4 is 14.8 Å². The van der Waals surface area contributed by atoms with Gasteiger partial charge in [0, 0.05) is 24.8 Å². The molecule has 1 aliphatic heterocycles. The van der Waals surface area contributed by atoms with Crippen molar-refractivity contribution in [2.24, 2.45) is 0 Å². The first-order chi connectivity index (χ1) is 19.9. The number of carbonyl (C=O) groups excluding carboxylic acids is 2. The van der Waals surface area contributed by atoms with Gasteiger partial charge in [-0.25, -0.2) is 4.39 Å². The number of nitrogens with zero attached hydrogens (tertiary/aromatic N) is 5. The second-order valence-corrected chi connectivity index (χ2v) is 10.3. The van der Waals surface area contributed by atoms with Crippen LogP contribution in [0, 0.1) is 5.82 Å². The van der Waals surface area contributed by atoms with Gasteiger partial charge < -0.3 is 24.4 Å². The molecule has 2 fully saturated rings. The van der Waals surface area contributed by atoms with E-state index in [1.165, 1.54) is 28.9 Å². The van der Waals surface area contributed by atoms with Crippen molar-refractivity contribution in [3.05, 3.63) is 53.8 Å². The molecule has 1 saturated carbocycles. The van der Waals surface area contributed by atoms with Crippen molar-refractivity contribution in [3.8, 4) is 22.9 Å². The number of carbonyl (C=O) groups is 2. The summed E-state index contributed by atoms with van der Waals surface area (Å²) in [5.74, 6) is 0.274. The molecule has 0 unspecified atom stereocenters. The number of nitrogens with one attached hydrogen (secondary N) is 1. The van der Waals surface area contributed by atoms with Gasteiger partial charge in [0.2, 0.25) is 17.6 Å². The lowest BCUT2D eigenvalue weighted by molar-refractivity contribution is -0.143. The molecule has 218 valence electrons. The number of hydrogen-bond donors (Lipinski definition) is 1. The average molecular weight is 567 g/mol. The third-order valence-corrected chi connectivity index (χ3v) is 7.56. The molecule has 1 aliphatic carbocycles. The average Bonchev–Trinajstić information content (AvgIpc) is 3.77. The zero-order chi connectivity index (χ0) is 28.8. The van der Waals surface area contributed by atoms with Crippen LogP contribution >= 0.6 is 0 Å². The molecule has 0 radical (unpaired) electrons. The van der Waals surface area contributed by atoms with E-state index in [9.17, 15) is 14.0 Å². The number of halogens is 1. The molecule has 41 heavy (non-hydrogen) atoms. The van der Waals surface area contributed by atoms with Gasteiger partial charge in [0.25, 0.3) is 0 Å². The Morgan fingerprint density at radius 1 is 1.07 bits per heavy atom. The van der Waals surface area contributed by atoms with Gasteiger partial charge in [-0.1, -0.05) is 25.0 Å². The highest BCUT2D eigenvalue weighted by Crippen LogP contribution is 2.31. The topological polar surface area (TPSA) is 121 Å². The normalized spacial score (nSPS) is 17.8. The van der Waals surface area contributed by atoms with E-state index < -0.39 is 11.9 Å². The zero-order valence-electron chi connectivity index (χ0n) is 23.3. The molecule has 2 aliphatic rings. The Hall–Kier alpha value is -4.06. The van der Waals surface area contributed by atoms with Gasteiger partial charge in [0.1, 0.15) is 18.4 Å². The zero-order valence-corrected chi connectivity index (χ0v) is 23.3. The predicted molar refractivity (Wildman–Crippen MR) is 147 cm³/mol. The van der Waals surface area contributed by atoms with E-state index in [-0.39, 0.29) is 37.0 Å². The number of hydrogen-bond acceptors (Lipinski definition) is 8. The lowest BCUT2D eigenvalue weighted by atomic mass is 10.0. The lowest BCUT2D eigenvalue weighted by Crippen LogP contribution is -2.49. The van der Waals surface area contributed by atoms with Gasteiger partial charge in [0.15, 0.2) is 11.5 Å². The summed E-state index contributed by atoms with van der Waals surface area (Å²) in [7, 11) is 3.08. The Morgan fingerprint density at radius 2 is 1.83 bits per heavy atom. The van der Waals surface area contributed by atoms with Crippen LogP contribution in [-0.4, -0.2) is 76.4 Å². The summed E-state index contributed by atoms with van der Waals surface area (Å²) in [6, 6.07) is 10.0. The van der Waals surface area contributed by atoms with Gasteiger partial charge in [-0.05, 0) is 66.8 Å². The van der Waals surface area contributed by atoms with Crippen LogP contribution in [0.25, 0.3) is 11.4 Å². The minimum atomic E-state index is -0.971. The van der Waals surface area contributed by atoms with Crippen molar-refractivity contribution in [3.63, 3.8) is 0 Å². The molecule has 2 atom stereocenters. The monoisotopic (exact) mass is 566 g/mol. The molecule has 5 rings (SSSR count). The van der Waals surface area contributed by atoms with E-state index in [0.717, 1.165) is 38.5 Å². The molecule has 1 saturated heterocycles. The summed E-state index contributed by atoms with van der Waals surface area (Å²) < 4.78 is 30.3. The van der Waals surface area contributed by atoms with Gasteiger partial charge in [0.05, 0.1) is 20.3 Å². The lowest BCUT2D eigenvalue weighted by Gasteiger charge is -2.33. The fraction of sp³-hybridized carbons (Fsp3) is 0.483. The molecule has 0 spiro atoms. The van der Waals surface area contributed by atoms with E-state index in [4.69, 9.17) is 14.2 Å². The SMILES string of the molecule is COc1ccc(-c2nnn(CC(=O)N(C[C@H]3CCCO3)[C@@H](C(=O)NC3CCCC3)c3ccc(F)cc3)n2)cc1OC. The van der Waals surface area contributed by atoms with Crippen LogP contribution in [-0.2, 0) is 20.9 Å². The molecular formula is C29H35FN6O5. The van der Waals surface area contributed by atoms with E-state index in [1.807, 2.05) is 0 Å². The summed E-state index contributed by atoms with van der Waals surface area (Å²) in [6.45, 7) is 0.555. The first-order valence-electron chi connectivity index (χ1n) is 13.9. The summed E-state index contributed by atoms with van der Waals surface area (Å²) in [5.41, 5.74) is 1.16. The maximum Gasteiger partial charge on any atom is 0.247 e. The largest absolute Gasteiger partial charge is 0.493 e. The van der Waals surface area contributed by atoms with E-state index in [0.29, 0.717) is 35.1 Å². The van der Waals surface area contributed by atoms with Gasteiger partial charge in [-0.15, -0.1) is 10.2 Å². The third-order valence-electron chi connectivity index (χ3n) is 7.56. The summed E-state index contributed by atoms with van der Waals surface area (Å²) in [5, 5.41) is 15.7. The highest BCUT2D eigenvalue weighted by molar-refractivity contribution is 5.89. The van der Waals surface area contributed by atoms with Crippen molar-refractivity contribution < 1.29 is 28.2 Å². The van der Waals surface area contributed by atoms with Crippen LogP contribution in [0.5, 0.6) is 11.5 Å². The Kier molecular flexibility index (Phi) is 9.07. The molecule has 1 aromatic heterocycles. The number of ether oxygens (including phenoxy) is 3. The number of amides is 2. The van der Waals surface area contributed by atoms with Gasteiger partial charge >= 0.3 is 0 Å². The maximum atomic E-state index is 13.9. The third kappa shape index (κ3) is 6.82. The Labute approximate surface area is 237 Å². The molecule has 12 heteroatoms. The number of aromatic nitrogens is 4. The molecule has 3 aromatic rings. The second kappa shape index (κ2) is 13.1. The smallest absolute Gasteiger partial charge is 0.247 e. The summed E-state index contributed by atoms with van der Waals surface area (Å²) >= 11 is 0. The minimum absolute atomic E-state index is 0.0474. The van der Waals surface area contributed by atoms with E-state index >= 15 is 0 Å². The molecular weight excluding hydrogens is 531 g/mol. The molecule has 2 amide bonds. The first kappa shape index (κ1) is 28.5. The highest BCUT2D eigenvalue weighted by Gasteiger charge is 2.36. The second-order valence-electron chi connectivity index (χ2n) is 10.3. The molecule has 2 aromatic carbocycles. The van der Waals surface area contributed by atoms with Gasteiger partial charge in [-0.2, -0.15) is 4.80 Å². The predicted octanol–water partition coefficient (Wildman–Crippen LogP) is 3.30. The van der Waals surface area contributed by atoms with E-state index in [1.54, 1.807) is 37.4 Å². The maximum absolute atomic E-state index is 13.9. The quantitative estimate of drug-likeness (QED) is 0.375. The molecule has 2 heterocycles. The summed E-state index contributed by atoms with van der Waals surface area (Å²) in [4.78, 5) is 30.4. The van der Waals surface area contributed by atoms with Crippen molar-refractivity contribution >= 4 is 11.8 Å². The van der Waals surface area contributed by atoms with Crippen molar-refractivity contribution in [1.29, 1.82) is 0 Å². The van der Waals surface area contributed by atoms with Gasteiger partial charge in [-0.3, -0.25) is 9.59 Å². The Bertz CT molecular complexity index is 1340. The van der Waals surface area contributed by atoms with Crippen molar-refractivity contribution in [1.82, 2.24) is 30.4 Å². The Balaban J connectivity index is 1.41.